The van der Waals surface area contributed by atoms with Crippen LogP contribution in [0.15, 0.2) is 65.4 Å². The van der Waals surface area contributed by atoms with Gasteiger partial charge < -0.3 is 14.3 Å². The van der Waals surface area contributed by atoms with E-state index in [1.807, 2.05) is 35.2 Å². The Hall–Kier alpha value is -3.81. The minimum Gasteiger partial charge on any atom is -0.356 e. The Kier molecular flexibility index (Phi) is 5.03. The SMILES string of the molecule is O=C(Cc1noc2ccccc12)N1CCN(c2cc(-c3ccc(F)cc3)ncn2)CC1. The van der Waals surface area contributed by atoms with Gasteiger partial charge in [0.05, 0.1) is 12.1 Å². The van der Waals surface area contributed by atoms with Crippen molar-refractivity contribution in [3.05, 3.63) is 72.4 Å². The lowest BCUT2D eigenvalue weighted by Crippen LogP contribution is -2.49. The molecular formula is C23H20FN5O2. The summed E-state index contributed by atoms with van der Waals surface area (Å²) in [5.41, 5.74) is 2.93. The van der Waals surface area contributed by atoms with Gasteiger partial charge in [0.15, 0.2) is 5.58 Å². The zero-order valence-corrected chi connectivity index (χ0v) is 16.7. The lowest BCUT2D eigenvalue weighted by molar-refractivity contribution is -0.130. The maximum absolute atomic E-state index is 13.2. The van der Waals surface area contributed by atoms with Crippen molar-refractivity contribution in [2.75, 3.05) is 31.1 Å². The standard InChI is InChI=1S/C23H20FN5O2/c24-17-7-5-16(6-8-17)19-13-22(26-15-25-19)28-9-11-29(12-10-28)23(30)14-20-18-3-1-2-4-21(18)31-27-20/h1-8,13,15H,9-12,14H2. The summed E-state index contributed by atoms with van der Waals surface area (Å²) < 4.78 is 18.5. The highest BCUT2D eigenvalue weighted by Gasteiger charge is 2.24. The van der Waals surface area contributed by atoms with Gasteiger partial charge in [-0.15, -0.1) is 0 Å². The Morgan fingerprint density at radius 2 is 1.77 bits per heavy atom. The van der Waals surface area contributed by atoms with Gasteiger partial charge in [-0.25, -0.2) is 14.4 Å². The van der Waals surface area contributed by atoms with Crippen molar-refractivity contribution in [1.29, 1.82) is 0 Å². The molecule has 31 heavy (non-hydrogen) atoms. The summed E-state index contributed by atoms with van der Waals surface area (Å²) in [6, 6.07) is 15.7. The number of aromatic nitrogens is 3. The quantitative estimate of drug-likeness (QED) is 0.507. The first kappa shape index (κ1) is 19.2. The Labute approximate surface area is 178 Å². The molecule has 0 bridgehead atoms. The first-order valence-electron chi connectivity index (χ1n) is 10.1. The molecule has 0 saturated carbocycles. The van der Waals surface area contributed by atoms with Crippen molar-refractivity contribution < 1.29 is 13.7 Å². The molecule has 5 rings (SSSR count). The number of nitrogens with zero attached hydrogens (tertiary/aromatic N) is 5. The Morgan fingerprint density at radius 1 is 1.00 bits per heavy atom. The molecule has 1 amide bonds. The molecule has 0 aliphatic carbocycles. The lowest BCUT2D eigenvalue weighted by atomic mass is 10.1. The van der Waals surface area contributed by atoms with Crippen LogP contribution in [-0.4, -0.2) is 52.1 Å². The summed E-state index contributed by atoms with van der Waals surface area (Å²) in [4.78, 5) is 25.5. The van der Waals surface area contributed by atoms with Crippen LogP contribution in [0.5, 0.6) is 0 Å². The number of hydrogen-bond acceptors (Lipinski definition) is 6. The van der Waals surface area contributed by atoms with E-state index in [9.17, 15) is 9.18 Å². The normalized spacial score (nSPS) is 14.2. The van der Waals surface area contributed by atoms with E-state index >= 15 is 0 Å². The van der Waals surface area contributed by atoms with Gasteiger partial charge in [0.25, 0.3) is 0 Å². The van der Waals surface area contributed by atoms with E-state index in [4.69, 9.17) is 4.52 Å². The fourth-order valence-electron chi connectivity index (χ4n) is 3.80. The summed E-state index contributed by atoms with van der Waals surface area (Å²) >= 11 is 0. The van der Waals surface area contributed by atoms with Crippen LogP contribution in [0, 0.1) is 5.82 Å². The summed E-state index contributed by atoms with van der Waals surface area (Å²) in [6.45, 7) is 2.55. The third-order valence-corrected chi connectivity index (χ3v) is 5.52. The maximum Gasteiger partial charge on any atom is 0.228 e. The molecule has 156 valence electrons. The minimum absolute atomic E-state index is 0.0355. The molecule has 0 spiro atoms. The van der Waals surface area contributed by atoms with Crippen LogP contribution in [0.4, 0.5) is 10.2 Å². The predicted molar refractivity (Wildman–Crippen MR) is 114 cm³/mol. The number of hydrogen-bond donors (Lipinski definition) is 0. The molecule has 0 N–H and O–H groups in total. The van der Waals surface area contributed by atoms with Crippen LogP contribution in [0.2, 0.25) is 0 Å². The number of para-hydroxylation sites is 1. The first-order chi connectivity index (χ1) is 15.2. The van der Waals surface area contributed by atoms with Crippen LogP contribution >= 0.6 is 0 Å². The maximum atomic E-state index is 13.2. The highest BCUT2D eigenvalue weighted by Crippen LogP contribution is 2.23. The number of piperazine rings is 1. The van der Waals surface area contributed by atoms with E-state index in [2.05, 4.69) is 20.0 Å². The smallest absolute Gasteiger partial charge is 0.228 e. The molecule has 3 heterocycles. The topological polar surface area (TPSA) is 75.4 Å². The van der Waals surface area contributed by atoms with Gasteiger partial charge in [-0.1, -0.05) is 17.3 Å². The van der Waals surface area contributed by atoms with Gasteiger partial charge in [0.1, 0.15) is 23.7 Å². The second-order valence-electron chi connectivity index (χ2n) is 7.44. The number of fused-ring (bicyclic) bond motifs is 1. The third kappa shape index (κ3) is 3.96. The molecular weight excluding hydrogens is 397 g/mol. The molecule has 2 aromatic heterocycles. The lowest BCUT2D eigenvalue weighted by Gasteiger charge is -2.35. The average Bonchev–Trinajstić information content (AvgIpc) is 3.22. The van der Waals surface area contributed by atoms with Crippen LogP contribution in [-0.2, 0) is 11.2 Å². The Bertz CT molecular complexity index is 1220. The van der Waals surface area contributed by atoms with E-state index < -0.39 is 0 Å². The van der Waals surface area contributed by atoms with Crippen molar-refractivity contribution in [2.24, 2.45) is 0 Å². The van der Waals surface area contributed by atoms with Crippen molar-refractivity contribution in [2.45, 2.75) is 6.42 Å². The largest absolute Gasteiger partial charge is 0.356 e. The van der Waals surface area contributed by atoms with Crippen LogP contribution < -0.4 is 4.90 Å². The van der Waals surface area contributed by atoms with Crippen molar-refractivity contribution in [3.8, 4) is 11.3 Å². The number of anilines is 1. The van der Waals surface area contributed by atoms with Crippen LogP contribution in [0.1, 0.15) is 5.69 Å². The predicted octanol–water partition coefficient (Wildman–Crippen LogP) is 3.32. The number of amides is 1. The van der Waals surface area contributed by atoms with Crippen LogP contribution in [0.3, 0.4) is 0 Å². The monoisotopic (exact) mass is 417 g/mol. The average molecular weight is 417 g/mol. The zero-order chi connectivity index (χ0) is 21.2. The highest BCUT2D eigenvalue weighted by molar-refractivity contribution is 5.86. The fourth-order valence-corrected chi connectivity index (χ4v) is 3.80. The number of halogens is 1. The van der Waals surface area contributed by atoms with E-state index in [0.717, 1.165) is 22.5 Å². The molecule has 4 aromatic rings. The highest BCUT2D eigenvalue weighted by atomic mass is 19.1. The third-order valence-electron chi connectivity index (χ3n) is 5.52. The number of rotatable bonds is 4. The summed E-state index contributed by atoms with van der Waals surface area (Å²) in [7, 11) is 0. The Morgan fingerprint density at radius 3 is 2.58 bits per heavy atom. The molecule has 1 saturated heterocycles. The molecule has 1 aliphatic heterocycles. The van der Waals surface area contributed by atoms with Gasteiger partial charge >= 0.3 is 0 Å². The first-order valence-corrected chi connectivity index (χ1v) is 10.1. The molecule has 0 atom stereocenters. The number of benzene rings is 2. The van der Waals surface area contributed by atoms with Gasteiger partial charge in [-0.3, -0.25) is 4.79 Å². The molecule has 1 fully saturated rings. The molecule has 2 aromatic carbocycles. The van der Waals surface area contributed by atoms with E-state index in [1.165, 1.54) is 18.5 Å². The van der Waals surface area contributed by atoms with Gasteiger partial charge in [-0.2, -0.15) is 0 Å². The van der Waals surface area contributed by atoms with Crippen LogP contribution in [0.25, 0.3) is 22.2 Å². The zero-order valence-electron chi connectivity index (χ0n) is 16.7. The van der Waals surface area contributed by atoms with Gasteiger partial charge in [0, 0.05) is 43.2 Å². The minimum atomic E-state index is -0.280. The second-order valence-corrected chi connectivity index (χ2v) is 7.44. The number of carbonyl (C=O) groups excluding carboxylic acids is 1. The van der Waals surface area contributed by atoms with E-state index in [-0.39, 0.29) is 18.1 Å². The second kappa shape index (κ2) is 8.14. The summed E-state index contributed by atoms with van der Waals surface area (Å²) in [5.74, 6) is 0.551. The molecule has 0 unspecified atom stereocenters. The molecule has 8 heteroatoms. The molecule has 7 nitrogen and oxygen atoms in total. The molecule has 0 radical (unpaired) electrons. The van der Waals surface area contributed by atoms with E-state index in [1.54, 1.807) is 12.1 Å². The van der Waals surface area contributed by atoms with Gasteiger partial charge in [-0.05, 0) is 36.4 Å². The summed E-state index contributed by atoms with van der Waals surface area (Å²) in [5, 5.41) is 4.94. The van der Waals surface area contributed by atoms with Crippen molar-refractivity contribution in [3.63, 3.8) is 0 Å². The number of carbonyl (C=O) groups is 1. The van der Waals surface area contributed by atoms with Crippen molar-refractivity contribution in [1.82, 2.24) is 20.0 Å². The van der Waals surface area contributed by atoms with Gasteiger partial charge in [0.2, 0.25) is 5.91 Å². The fraction of sp³-hybridized carbons (Fsp3) is 0.217. The van der Waals surface area contributed by atoms with E-state index in [0.29, 0.717) is 37.5 Å². The molecule has 1 aliphatic rings. The Balaban J connectivity index is 1.23. The summed E-state index contributed by atoms with van der Waals surface area (Å²) in [6.07, 6.45) is 1.74. The van der Waals surface area contributed by atoms with Crippen molar-refractivity contribution >= 4 is 22.7 Å².